The maximum absolute atomic E-state index is 6.15. The Hall–Kier alpha value is -7.56. The van der Waals surface area contributed by atoms with Crippen molar-refractivity contribution in [1.82, 2.24) is 0 Å². The van der Waals surface area contributed by atoms with Gasteiger partial charge >= 0.3 is 0 Å². The van der Waals surface area contributed by atoms with E-state index in [2.05, 4.69) is 169 Å². The van der Waals surface area contributed by atoms with Gasteiger partial charge in [0.2, 0.25) is 0 Å². The van der Waals surface area contributed by atoms with Gasteiger partial charge in [0.05, 0.1) is 0 Å². The van der Waals surface area contributed by atoms with E-state index in [1.807, 2.05) is 72.8 Å². The van der Waals surface area contributed by atoms with Crippen molar-refractivity contribution in [2.75, 3.05) is 9.80 Å². The van der Waals surface area contributed by atoms with Gasteiger partial charge in [0.15, 0.2) is 0 Å². The highest BCUT2D eigenvalue weighted by atomic mass is 16.5. The van der Waals surface area contributed by atoms with Crippen LogP contribution in [0.1, 0.15) is 22.3 Å². The van der Waals surface area contributed by atoms with Crippen LogP contribution in [-0.2, 0) is 13.2 Å². The van der Waals surface area contributed by atoms with Gasteiger partial charge in [0, 0.05) is 34.1 Å². The van der Waals surface area contributed by atoms with Crippen LogP contribution in [0.15, 0.2) is 219 Å². The summed E-state index contributed by atoms with van der Waals surface area (Å²) in [6.07, 6.45) is 3.67. The van der Waals surface area contributed by atoms with Crippen molar-refractivity contribution in [2.45, 2.75) is 13.2 Å². The normalized spacial score (nSPS) is 10.7. The predicted molar refractivity (Wildman–Crippen MR) is 243 cm³/mol. The topological polar surface area (TPSA) is 24.9 Å². The SMILES string of the molecule is C=Cc1ccc(OCc2cccc(N(c3ccccc3)c3ccc(-c4ccc(N(c5ccccc5)c5cccc(COc6ccc(C=C)cc6)c5)cc4)cc3)c2)cc1. The first-order chi connectivity index (χ1) is 28.6. The van der Waals surface area contributed by atoms with Crippen molar-refractivity contribution in [3.63, 3.8) is 0 Å². The van der Waals surface area contributed by atoms with Crippen molar-refractivity contribution in [2.24, 2.45) is 0 Å². The van der Waals surface area contributed by atoms with Gasteiger partial charge in [-0.15, -0.1) is 0 Å². The number of hydrogen-bond acceptors (Lipinski definition) is 4. The molecule has 8 rings (SSSR count). The van der Waals surface area contributed by atoms with Gasteiger partial charge in [-0.2, -0.15) is 0 Å². The van der Waals surface area contributed by atoms with Crippen molar-refractivity contribution in [3.8, 4) is 22.6 Å². The van der Waals surface area contributed by atoms with Crippen LogP contribution < -0.4 is 19.3 Å². The monoisotopic (exact) mass is 752 g/mol. The van der Waals surface area contributed by atoms with E-state index in [0.717, 1.165) is 79.0 Å². The molecule has 0 atom stereocenters. The van der Waals surface area contributed by atoms with Gasteiger partial charge in [-0.25, -0.2) is 0 Å². The lowest BCUT2D eigenvalue weighted by molar-refractivity contribution is 0.306. The van der Waals surface area contributed by atoms with Gasteiger partial charge < -0.3 is 19.3 Å². The lowest BCUT2D eigenvalue weighted by Gasteiger charge is -2.26. The average Bonchev–Trinajstić information content (AvgIpc) is 3.30. The first kappa shape index (κ1) is 37.4. The summed E-state index contributed by atoms with van der Waals surface area (Å²) in [5, 5.41) is 0. The number of anilines is 6. The van der Waals surface area contributed by atoms with Gasteiger partial charge in [-0.1, -0.05) is 135 Å². The van der Waals surface area contributed by atoms with E-state index < -0.39 is 0 Å². The summed E-state index contributed by atoms with van der Waals surface area (Å²) in [7, 11) is 0. The minimum absolute atomic E-state index is 0.464. The fourth-order valence-corrected chi connectivity index (χ4v) is 6.96. The molecule has 0 saturated heterocycles. The first-order valence-electron chi connectivity index (χ1n) is 19.4. The van der Waals surface area contributed by atoms with Crippen molar-refractivity contribution >= 4 is 46.3 Å². The summed E-state index contributed by atoms with van der Waals surface area (Å²) >= 11 is 0. The molecule has 0 unspecified atom stereocenters. The Kier molecular flexibility index (Phi) is 11.6. The number of nitrogens with zero attached hydrogens (tertiary/aromatic N) is 2. The zero-order valence-electron chi connectivity index (χ0n) is 32.3. The summed E-state index contributed by atoms with van der Waals surface area (Å²) < 4.78 is 12.3. The highest BCUT2D eigenvalue weighted by Gasteiger charge is 2.16. The Balaban J connectivity index is 1.02. The van der Waals surface area contributed by atoms with Crippen molar-refractivity contribution < 1.29 is 9.47 Å². The molecule has 0 aliphatic carbocycles. The van der Waals surface area contributed by atoms with Crippen molar-refractivity contribution in [1.29, 1.82) is 0 Å². The van der Waals surface area contributed by atoms with Crippen LogP contribution in [0, 0.1) is 0 Å². The van der Waals surface area contributed by atoms with E-state index in [4.69, 9.17) is 9.47 Å². The smallest absolute Gasteiger partial charge is 0.119 e. The van der Waals surface area contributed by atoms with Crippen LogP contribution in [0.5, 0.6) is 11.5 Å². The Morgan fingerprint density at radius 3 is 1.05 bits per heavy atom. The predicted octanol–water partition coefficient (Wildman–Crippen LogP) is 14.7. The zero-order chi connectivity index (χ0) is 39.5. The summed E-state index contributed by atoms with van der Waals surface area (Å²) in [5.41, 5.74) is 13.0. The lowest BCUT2D eigenvalue weighted by Crippen LogP contribution is -2.10. The van der Waals surface area contributed by atoms with Gasteiger partial charge in [0.25, 0.3) is 0 Å². The van der Waals surface area contributed by atoms with Crippen LogP contribution in [0.4, 0.5) is 34.1 Å². The minimum atomic E-state index is 0.464. The van der Waals surface area contributed by atoms with Crippen LogP contribution in [0.3, 0.4) is 0 Å². The van der Waals surface area contributed by atoms with E-state index in [9.17, 15) is 0 Å². The average molecular weight is 753 g/mol. The maximum atomic E-state index is 6.15. The van der Waals surface area contributed by atoms with Crippen LogP contribution in [0.25, 0.3) is 23.3 Å². The molecule has 0 aromatic heterocycles. The Morgan fingerprint density at radius 2 is 0.690 bits per heavy atom. The van der Waals surface area contributed by atoms with Crippen LogP contribution in [-0.4, -0.2) is 0 Å². The molecule has 282 valence electrons. The second-order valence-corrected chi connectivity index (χ2v) is 13.9. The molecule has 0 saturated carbocycles. The second-order valence-electron chi connectivity index (χ2n) is 13.9. The third kappa shape index (κ3) is 8.94. The number of ether oxygens (including phenoxy) is 2. The highest BCUT2D eigenvalue weighted by Crippen LogP contribution is 2.38. The van der Waals surface area contributed by atoms with Gasteiger partial charge in [-0.3, -0.25) is 0 Å². The van der Waals surface area contributed by atoms with Crippen LogP contribution in [0.2, 0.25) is 0 Å². The quantitative estimate of drug-likeness (QED) is 0.104. The molecular formula is C54H44N2O2. The molecule has 8 aromatic carbocycles. The molecule has 0 aliphatic heterocycles. The number of benzene rings is 8. The molecule has 0 fully saturated rings. The largest absolute Gasteiger partial charge is 0.489 e. The lowest BCUT2D eigenvalue weighted by atomic mass is 10.0. The fourth-order valence-electron chi connectivity index (χ4n) is 6.96. The van der Waals surface area contributed by atoms with E-state index in [1.54, 1.807) is 0 Å². The molecular weight excluding hydrogens is 709 g/mol. The molecule has 0 radical (unpaired) electrons. The highest BCUT2D eigenvalue weighted by molar-refractivity contribution is 5.81. The van der Waals surface area contributed by atoms with E-state index in [1.165, 1.54) is 0 Å². The van der Waals surface area contributed by atoms with Crippen LogP contribution >= 0.6 is 0 Å². The molecule has 0 bridgehead atoms. The Labute approximate surface area is 341 Å². The summed E-state index contributed by atoms with van der Waals surface area (Å²) in [6, 6.07) is 71.5. The zero-order valence-corrected chi connectivity index (χ0v) is 32.3. The molecule has 4 nitrogen and oxygen atoms in total. The third-order valence-electron chi connectivity index (χ3n) is 9.99. The molecule has 8 aromatic rings. The molecule has 0 N–H and O–H groups in total. The van der Waals surface area contributed by atoms with E-state index >= 15 is 0 Å². The summed E-state index contributed by atoms with van der Waals surface area (Å²) in [4.78, 5) is 4.56. The molecule has 0 heterocycles. The second kappa shape index (κ2) is 17.9. The van der Waals surface area contributed by atoms with E-state index in [-0.39, 0.29) is 0 Å². The Bertz CT molecular complexity index is 2380. The number of para-hydroxylation sites is 2. The first-order valence-corrected chi connectivity index (χ1v) is 19.4. The molecule has 58 heavy (non-hydrogen) atoms. The van der Waals surface area contributed by atoms with Gasteiger partial charge in [-0.05, 0) is 130 Å². The van der Waals surface area contributed by atoms with Crippen molar-refractivity contribution in [3.05, 3.63) is 242 Å². The molecule has 0 amide bonds. The molecule has 0 spiro atoms. The Morgan fingerprint density at radius 1 is 0.345 bits per heavy atom. The molecule has 4 heteroatoms. The number of hydrogen-bond donors (Lipinski definition) is 0. The fraction of sp³-hybridized carbons (Fsp3) is 0.0370. The summed E-state index contributed by atoms with van der Waals surface area (Å²) in [6.45, 7) is 8.61. The third-order valence-corrected chi connectivity index (χ3v) is 9.99. The maximum Gasteiger partial charge on any atom is 0.119 e. The number of rotatable bonds is 15. The standard InChI is InChI=1S/C54H44N2O2/c1-3-41-21-33-53(34-22-41)57-39-43-13-11-19-51(37-43)55(47-15-7-5-8-16-47)49-29-25-45(26-30-49)46-27-31-50(32-28-46)56(48-17-9-6-10-18-48)52-20-12-14-44(38-52)40-58-54-35-23-42(4-2)24-36-54/h3-38H,1-2,39-40H2. The minimum Gasteiger partial charge on any atom is -0.489 e. The summed E-state index contributed by atoms with van der Waals surface area (Å²) in [5.74, 6) is 1.66. The van der Waals surface area contributed by atoms with E-state index in [0.29, 0.717) is 13.2 Å². The van der Waals surface area contributed by atoms with Gasteiger partial charge in [0.1, 0.15) is 24.7 Å². The molecule has 0 aliphatic rings.